The molecule has 2 aromatic heterocycles. The van der Waals surface area contributed by atoms with Crippen LogP contribution < -0.4 is 10.2 Å². The number of carbonyl (C=O) groups excluding carboxylic acids is 2. The summed E-state index contributed by atoms with van der Waals surface area (Å²) in [5.41, 5.74) is 1.43. The van der Waals surface area contributed by atoms with Gasteiger partial charge in [0.2, 0.25) is 0 Å². The molecule has 0 saturated carbocycles. The van der Waals surface area contributed by atoms with E-state index in [1.165, 1.54) is 11.3 Å². The lowest BCUT2D eigenvalue weighted by Crippen LogP contribution is -2.29. The minimum atomic E-state index is -0.0647. The molecule has 0 saturated heterocycles. The van der Waals surface area contributed by atoms with Crippen LogP contribution in [0.15, 0.2) is 30.6 Å². The monoisotopic (exact) mass is 315 g/mol. The molecule has 2 aromatic rings. The van der Waals surface area contributed by atoms with Crippen molar-refractivity contribution in [2.45, 2.75) is 19.8 Å². The van der Waals surface area contributed by atoms with Gasteiger partial charge in [-0.15, -0.1) is 11.3 Å². The molecule has 114 valence electrons. The number of anilines is 1. The van der Waals surface area contributed by atoms with Crippen molar-refractivity contribution in [3.8, 4) is 0 Å². The van der Waals surface area contributed by atoms with Gasteiger partial charge in [-0.2, -0.15) is 0 Å². The first-order chi connectivity index (χ1) is 10.7. The summed E-state index contributed by atoms with van der Waals surface area (Å²) in [5.74, 6) is -0.125. The van der Waals surface area contributed by atoms with Crippen LogP contribution in [0.5, 0.6) is 0 Å². The number of thiophene rings is 1. The second-order valence-corrected chi connectivity index (χ2v) is 6.26. The van der Waals surface area contributed by atoms with Crippen molar-refractivity contribution in [2.75, 3.05) is 18.0 Å². The van der Waals surface area contributed by atoms with Crippen molar-refractivity contribution in [2.24, 2.45) is 0 Å². The van der Waals surface area contributed by atoms with Crippen LogP contribution in [0.1, 0.15) is 38.3 Å². The fourth-order valence-electron chi connectivity index (χ4n) is 2.45. The van der Waals surface area contributed by atoms with E-state index in [4.69, 9.17) is 0 Å². The zero-order valence-electron chi connectivity index (χ0n) is 12.3. The van der Waals surface area contributed by atoms with Crippen LogP contribution in [0.4, 0.5) is 5.69 Å². The third kappa shape index (κ3) is 2.74. The minimum Gasteiger partial charge on any atom is -0.351 e. The molecule has 6 heteroatoms. The molecular formula is C16H17N3O2S. The Morgan fingerprint density at radius 3 is 3.05 bits per heavy atom. The number of carbonyl (C=O) groups is 2. The van der Waals surface area contributed by atoms with Gasteiger partial charge in [0.15, 0.2) is 0 Å². The van der Waals surface area contributed by atoms with Gasteiger partial charge in [-0.1, -0.05) is 6.92 Å². The van der Waals surface area contributed by atoms with Crippen molar-refractivity contribution in [3.63, 3.8) is 0 Å². The van der Waals surface area contributed by atoms with Gasteiger partial charge >= 0.3 is 0 Å². The summed E-state index contributed by atoms with van der Waals surface area (Å²) in [5, 5.41) is 2.87. The van der Waals surface area contributed by atoms with Crippen molar-refractivity contribution in [3.05, 3.63) is 45.9 Å². The minimum absolute atomic E-state index is 0.0602. The maximum absolute atomic E-state index is 12.6. The van der Waals surface area contributed by atoms with Crippen LogP contribution in [0.25, 0.3) is 0 Å². The number of nitrogens with one attached hydrogen (secondary N) is 1. The van der Waals surface area contributed by atoms with Crippen molar-refractivity contribution in [1.29, 1.82) is 0 Å². The Kier molecular flexibility index (Phi) is 4.20. The first-order valence-electron chi connectivity index (χ1n) is 7.33. The van der Waals surface area contributed by atoms with E-state index in [1.807, 2.05) is 13.0 Å². The molecule has 0 spiro atoms. The van der Waals surface area contributed by atoms with E-state index >= 15 is 0 Å². The van der Waals surface area contributed by atoms with Crippen molar-refractivity contribution < 1.29 is 9.59 Å². The molecule has 5 nitrogen and oxygen atoms in total. The van der Waals surface area contributed by atoms with Gasteiger partial charge in [-0.05, 0) is 24.6 Å². The quantitative estimate of drug-likeness (QED) is 0.943. The number of amides is 2. The summed E-state index contributed by atoms with van der Waals surface area (Å²) >= 11 is 1.48. The average Bonchev–Trinajstić information content (AvgIpc) is 3.13. The van der Waals surface area contributed by atoms with Gasteiger partial charge < -0.3 is 10.2 Å². The highest BCUT2D eigenvalue weighted by atomic mass is 32.1. The fourth-order valence-corrected chi connectivity index (χ4v) is 3.52. The van der Waals surface area contributed by atoms with Crippen molar-refractivity contribution >= 4 is 28.8 Å². The van der Waals surface area contributed by atoms with Crippen LogP contribution in [-0.4, -0.2) is 29.9 Å². The van der Waals surface area contributed by atoms with Gasteiger partial charge in [-0.3, -0.25) is 14.6 Å². The molecule has 0 fully saturated rings. The van der Waals surface area contributed by atoms with E-state index in [0.29, 0.717) is 23.5 Å². The van der Waals surface area contributed by atoms with Crippen LogP contribution in [0.3, 0.4) is 0 Å². The molecule has 3 heterocycles. The predicted molar refractivity (Wildman–Crippen MR) is 86.6 cm³/mol. The van der Waals surface area contributed by atoms with Crippen LogP contribution in [0.2, 0.25) is 0 Å². The Balaban J connectivity index is 1.81. The Morgan fingerprint density at radius 2 is 2.32 bits per heavy atom. The predicted octanol–water partition coefficient (Wildman–Crippen LogP) is 2.49. The molecule has 1 N–H and O–H groups in total. The number of aromatic nitrogens is 1. The van der Waals surface area contributed by atoms with Gasteiger partial charge in [0, 0.05) is 36.8 Å². The first kappa shape index (κ1) is 14.7. The lowest BCUT2D eigenvalue weighted by molar-refractivity contribution is 0.0954. The Hall–Kier alpha value is -2.21. The first-order valence-corrected chi connectivity index (χ1v) is 8.15. The summed E-state index contributed by atoms with van der Waals surface area (Å²) in [6.07, 6.45) is 4.92. The van der Waals surface area contributed by atoms with Crippen LogP contribution in [0, 0.1) is 0 Å². The number of hydrogen-bond acceptors (Lipinski definition) is 4. The SMILES string of the molecule is CCCNC(=O)c1cc2c(s1)CCN2C(=O)c1cccnc1. The van der Waals surface area contributed by atoms with Gasteiger partial charge in [0.1, 0.15) is 0 Å². The largest absolute Gasteiger partial charge is 0.351 e. The highest BCUT2D eigenvalue weighted by molar-refractivity contribution is 7.14. The highest BCUT2D eigenvalue weighted by Gasteiger charge is 2.29. The summed E-state index contributed by atoms with van der Waals surface area (Å²) in [7, 11) is 0. The Bertz CT molecular complexity index is 697. The number of fused-ring (bicyclic) bond motifs is 1. The summed E-state index contributed by atoms with van der Waals surface area (Å²) < 4.78 is 0. The van der Waals surface area contributed by atoms with E-state index in [2.05, 4.69) is 10.3 Å². The second-order valence-electron chi connectivity index (χ2n) is 5.12. The molecule has 0 bridgehead atoms. The summed E-state index contributed by atoms with van der Waals surface area (Å²) in [6.45, 7) is 3.34. The lowest BCUT2D eigenvalue weighted by Gasteiger charge is -2.15. The standard InChI is InChI=1S/C16H17N3O2S/c1-2-6-18-15(20)14-9-12-13(22-14)5-8-19(12)16(21)11-4-3-7-17-10-11/h3-4,7,9-10H,2,5-6,8H2,1H3,(H,18,20). The van der Waals surface area contributed by atoms with E-state index in [1.54, 1.807) is 29.4 Å². The molecule has 0 unspecified atom stereocenters. The molecule has 0 aliphatic carbocycles. The molecule has 2 amide bonds. The van der Waals surface area contributed by atoms with Gasteiger partial charge in [0.05, 0.1) is 16.1 Å². The number of rotatable bonds is 4. The van der Waals surface area contributed by atoms with Crippen LogP contribution in [-0.2, 0) is 6.42 Å². The van der Waals surface area contributed by atoms with Gasteiger partial charge in [-0.25, -0.2) is 0 Å². The average molecular weight is 315 g/mol. The van der Waals surface area contributed by atoms with Crippen LogP contribution >= 0.6 is 11.3 Å². The third-order valence-corrected chi connectivity index (χ3v) is 4.74. The maximum atomic E-state index is 12.6. The topological polar surface area (TPSA) is 62.3 Å². The molecule has 0 atom stereocenters. The Morgan fingerprint density at radius 1 is 1.45 bits per heavy atom. The smallest absolute Gasteiger partial charge is 0.261 e. The van der Waals surface area contributed by atoms with E-state index in [-0.39, 0.29) is 11.8 Å². The summed E-state index contributed by atoms with van der Waals surface area (Å²) in [6, 6.07) is 5.34. The molecule has 3 rings (SSSR count). The fraction of sp³-hybridized carbons (Fsp3) is 0.312. The molecular weight excluding hydrogens is 298 g/mol. The van der Waals surface area contributed by atoms with Crippen molar-refractivity contribution in [1.82, 2.24) is 10.3 Å². The third-order valence-electron chi connectivity index (χ3n) is 3.55. The summed E-state index contributed by atoms with van der Waals surface area (Å²) in [4.78, 5) is 32.1. The molecule has 1 aliphatic rings. The molecule has 22 heavy (non-hydrogen) atoms. The van der Waals surface area contributed by atoms with E-state index < -0.39 is 0 Å². The number of hydrogen-bond donors (Lipinski definition) is 1. The zero-order chi connectivity index (χ0) is 15.5. The highest BCUT2D eigenvalue weighted by Crippen LogP contribution is 2.36. The maximum Gasteiger partial charge on any atom is 0.261 e. The molecule has 0 aromatic carbocycles. The number of nitrogens with zero attached hydrogens (tertiary/aromatic N) is 2. The number of pyridine rings is 1. The molecule has 0 radical (unpaired) electrons. The van der Waals surface area contributed by atoms with E-state index in [9.17, 15) is 9.59 Å². The lowest BCUT2D eigenvalue weighted by atomic mass is 10.2. The Labute approximate surface area is 133 Å². The zero-order valence-corrected chi connectivity index (χ0v) is 13.2. The van der Waals surface area contributed by atoms with E-state index in [0.717, 1.165) is 23.4 Å². The normalized spacial score (nSPS) is 13.0. The second kappa shape index (κ2) is 6.27. The van der Waals surface area contributed by atoms with Gasteiger partial charge in [0.25, 0.3) is 11.8 Å². The molecule has 1 aliphatic heterocycles.